The number of hydrogen-bond acceptors (Lipinski definition) is 5. The molecule has 5 nitrogen and oxygen atoms in total. The Kier molecular flexibility index (Phi) is 7.82. The first kappa shape index (κ1) is 24.2. The quantitative estimate of drug-likeness (QED) is 0.270. The summed E-state index contributed by atoms with van der Waals surface area (Å²) < 4.78 is 7.12. The number of nitrogens with one attached hydrogen (secondary N) is 1. The highest BCUT2D eigenvalue weighted by atomic mass is 79.9. The van der Waals surface area contributed by atoms with Gasteiger partial charge in [0.2, 0.25) is 0 Å². The molecular weight excluding hydrogens is 532 g/mol. The van der Waals surface area contributed by atoms with Gasteiger partial charge in [-0.05, 0) is 60.5 Å². The fourth-order valence-corrected chi connectivity index (χ4v) is 5.10. The van der Waals surface area contributed by atoms with Gasteiger partial charge >= 0.3 is 0 Å². The number of benzene rings is 3. The summed E-state index contributed by atoms with van der Waals surface area (Å²) >= 11 is 10.2. The van der Waals surface area contributed by atoms with Crippen molar-refractivity contribution in [3.05, 3.63) is 99.4 Å². The van der Waals surface area contributed by atoms with Crippen LogP contribution in [0.2, 0.25) is 0 Å². The minimum absolute atomic E-state index is 0.119. The third kappa shape index (κ3) is 5.94. The van der Waals surface area contributed by atoms with Crippen LogP contribution in [0.3, 0.4) is 0 Å². The number of rotatable bonds is 7. The predicted octanol–water partition coefficient (Wildman–Crippen LogP) is 6.43. The van der Waals surface area contributed by atoms with Gasteiger partial charge < -0.3 is 10.1 Å². The van der Waals surface area contributed by atoms with E-state index in [-0.39, 0.29) is 24.5 Å². The lowest BCUT2D eigenvalue weighted by molar-refractivity contribution is -0.123. The highest BCUT2D eigenvalue weighted by Gasteiger charge is 2.35. The van der Waals surface area contributed by atoms with E-state index in [9.17, 15) is 9.59 Å². The Labute approximate surface area is 216 Å². The average molecular weight is 554 g/mol. The van der Waals surface area contributed by atoms with Gasteiger partial charge in [0.1, 0.15) is 10.1 Å². The Hall–Kier alpha value is -2.94. The minimum Gasteiger partial charge on any atom is -0.484 e. The van der Waals surface area contributed by atoms with Crippen LogP contribution in [0.15, 0.2) is 88.2 Å². The highest BCUT2D eigenvalue weighted by molar-refractivity contribution is 9.10. The third-order valence-corrected chi connectivity index (χ3v) is 7.01. The second-order valence-electron chi connectivity index (χ2n) is 7.55. The zero-order valence-corrected chi connectivity index (χ0v) is 21.5. The summed E-state index contributed by atoms with van der Waals surface area (Å²) in [5, 5.41) is 2.79. The first-order valence-corrected chi connectivity index (χ1v) is 12.5. The number of ether oxygens (including phenoxy) is 1. The van der Waals surface area contributed by atoms with Crippen molar-refractivity contribution in [2.45, 2.75) is 13.0 Å². The van der Waals surface area contributed by atoms with Crippen molar-refractivity contribution in [2.24, 2.45) is 0 Å². The number of hydrogen-bond donors (Lipinski definition) is 1. The minimum atomic E-state index is -0.261. The molecule has 1 fully saturated rings. The fourth-order valence-electron chi connectivity index (χ4n) is 3.42. The molecule has 0 spiro atoms. The van der Waals surface area contributed by atoms with E-state index in [0.717, 1.165) is 15.6 Å². The lowest BCUT2D eigenvalue weighted by Crippen LogP contribution is -2.30. The molecule has 0 saturated carbocycles. The van der Waals surface area contributed by atoms with Crippen molar-refractivity contribution in [2.75, 3.05) is 11.9 Å². The van der Waals surface area contributed by atoms with Crippen LogP contribution in [0, 0.1) is 0 Å². The monoisotopic (exact) mass is 552 g/mol. The van der Waals surface area contributed by atoms with Crippen molar-refractivity contribution < 1.29 is 14.3 Å². The van der Waals surface area contributed by atoms with Crippen molar-refractivity contribution in [1.29, 1.82) is 0 Å². The molecule has 1 saturated heterocycles. The van der Waals surface area contributed by atoms with Gasteiger partial charge in [-0.3, -0.25) is 14.5 Å². The summed E-state index contributed by atoms with van der Waals surface area (Å²) in [7, 11) is 0. The Morgan fingerprint density at radius 3 is 2.59 bits per heavy atom. The Morgan fingerprint density at radius 1 is 1.12 bits per heavy atom. The van der Waals surface area contributed by atoms with Crippen LogP contribution in [-0.2, 0) is 9.59 Å². The van der Waals surface area contributed by atoms with Crippen LogP contribution in [0.5, 0.6) is 5.75 Å². The average Bonchev–Trinajstić information content (AvgIpc) is 3.12. The summed E-state index contributed by atoms with van der Waals surface area (Å²) in [6, 6.07) is 24.2. The van der Waals surface area contributed by atoms with Gasteiger partial charge in [-0.1, -0.05) is 82.4 Å². The molecule has 3 aromatic carbocycles. The molecule has 1 aliphatic rings. The van der Waals surface area contributed by atoms with Crippen LogP contribution in [0.25, 0.3) is 6.08 Å². The molecule has 0 aromatic heterocycles. The predicted molar refractivity (Wildman–Crippen MR) is 145 cm³/mol. The molecule has 1 heterocycles. The van der Waals surface area contributed by atoms with E-state index in [1.165, 1.54) is 11.8 Å². The van der Waals surface area contributed by atoms with Crippen LogP contribution < -0.4 is 10.1 Å². The van der Waals surface area contributed by atoms with Gasteiger partial charge in [0, 0.05) is 10.2 Å². The summed E-state index contributed by atoms with van der Waals surface area (Å²) in [6.45, 7) is 1.84. The standard InChI is InChI=1S/C26H21BrN2O3S2/c1-17(19-7-3-2-4-8-19)29-25(31)23(34-26(29)33)15-18-6-5-9-22(14-18)32-16-24(30)28-21-12-10-20(27)11-13-21/h2-15,17H,16H2,1H3,(H,28,30)/b23-15-/t17-/m0/s1. The third-order valence-electron chi connectivity index (χ3n) is 5.15. The van der Waals surface area contributed by atoms with E-state index in [2.05, 4.69) is 21.2 Å². The van der Waals surface area contributed by atoms with Crippen LogP contribution >= 0.6 is 39.9 Å². The normalized spacial score (nSPS) is 15.5. The largest absolute Gasteiger partial charge is 0.484 e. The van der Waals surface area contributed by atoms with E-state index in [1.807, 2.05) is 61.5 Å². The van der Waals surface area contributed by atoms with Crippen LogP contribution in [0.1, 0.15) is 24.1 Å². The van der Waals surface area contributed by atoms with E-state index < -0.39 is 0 Å². The van der Waals surface area contributed by atoms with E-state index in [0.29, 0.717) is 20.7 Å². The Morgan fingerprint density at radius 2 is 1.85 bits per heavy atom. The maximum atomic E-state index is 13.1. The molecule has 1 N–H and O–H groups in total. The molecule has 172 valence electrons. The number of thiocarbonyl (C=S) groups is 1. The first-order chi connectivity index (χ1) is 16.4. The van der Waals surface area contributed by atoms with Crippen LogP contribution in [-0.4, -0.2) is 27.6 Å². The molecule has 0 aliphatic carbocycles. The summed E-state index contributed by atoms with van der Waals surface area (Å²) in [4.78, 5) is 27.5. The summed E-state index contributed by atoms with van der Waals surface area (Å²) in [5.41, 5.74) is 2.51. The molecular formula is C26H21BrN2O3S2. The second-order valence-corrected chi connectivity index (χ2v) is 10.1. The van der Waals surface area contributed by atoms with Crippen molar-refractivity contribution in [3.63, 3.8) is 0 Å². The van der Waals surface area contributed by atoms with Crippen molar-refractivity contribution in [1.82, 2.24) is 4.90 Å². The molecule has 0 radical (unpaired) electrons. The Bertz CT molecular complexity index is 1250. The SMILES string of the molecule is C[C@@H](c1ccccc1)N1C(=O)/C(=C/c2cccc(OCC(=O)Nc3ccc(Br)cc3)c2)SC1=S. The summed E-state index contributed by atoms with van der Waals surface area (Å²) in [6.07, 6.45) is 1.80. The molecule has 3 aromatic rings. The van der Waals surface area contributed by atoms with E-state index in [1.54, 1.807) is 35.2 Å². The lowest BCUT2D eigenvalue weighted by atomic mass is 10.1. The number of halogens is 1. The lowest BCUT2D eigenvalue weighted by Gasteiger charge is -2.23. The molecule has 1 aliphatic heterocycles. The fraction of sp³-hybridized carbons (Fsp3) is 0.115. The van der Waals surface area contributed by atoms with E-state index >= 15 is 0 Å². The van der Waals surface area contributed by atoms with Crippen molar-refractivity contribution in [3.8, 4) is 5.75 Å². The summed E-state index contributed by atoms with van der Waals surface area (Å²) in [5.74, 6) is 0.155. The zero-order chi connectivity index (χ0) is 24.1. The van der Waals surface area contributed by atoms with Gasteiger partial charge in [0.25, 0.3) is 11.8 Å². The highest BCUT2D eigenvalue weighted by Crippen LogP contribution is 2.38. The van der Waals surface area contributed by atoms with E-state index in [4.69, 9.17) is 17.0 Å². The van der Waals surface area contributed by atoms with Gasteiger partial charge in [-0.15, -0.1) is 0 Å². The number of carbonyl (C=O) groups excluding carboxylic acids is 2. The maximum absolute atomic E-state index is 13.1. The second kappa shape index (κ2) is 11.0. The molecule has 4 rings (SSSR count). The number of carbonyl (C=O) groups is 2. The molecule has 1 atom stereocenters. The molecule has 2 amide bonds. The maximum Gasteiger partial charge on any atom is 0.266 e. The van der Waals surface area contributed by atoms with Gasteiger partial charge in [0.15, 0.2) is 6.61 Å². The zero-order valence-electron chi connectivity index (χ0n) is 18.2. The van der Waals surface area contributed by atoms with Gasteiger partial charge in [0.05, 0.1) is 10.9 Å². The number of amides is 2. The number of thioether (sulfide) groups is 1. The van der Waals surface area contributed by atoms with Gasteiger partial charge in [-0.25, -0.2) is 0 Å². The first-order valence-electron chi connectivity index (χ1n) is 10.5. The molecule has 0 bridgehead atoms. The van der Waals surface area contributed by atoms with Crippen molar-refractivity contribution >= 4 is 67.8 Å². The number of nitrogens with zero attached hydrogens (tertiary/aromatic N) is 1. The molecule has 34 heavy (non-hydrogen) atoms. The molecule has 8 heteroatoms. The number of anilines is 1. The topological polar surface area (TPSA) is 58.6 Å². The Balaban J connectivity index is 1.41. The molecule has 0 unspecified atom stereocenters. The van der Waals surface area contributed by atoms with Crippen LogP contribution in [0.4, 0.5) is 5.69 Å². The smallest absolute Gasteiger partial charge is 0.266 e. The van der Waals surface area contributed by atoms with Gasteiger partial charge in [-0.2, -0.15) is 0 Å².